The Balaban J connectivity index is 2.76. The molecule has 4 heteroatoms. The van der Waals surface area contributed by atoms with E-state index < -0.39 is 0 Å². The van der Waals surface area contributed by atoms with E-state index >= 15 is 0 Å². The maximum atomic E-state index is 12.0. The van der Waals surface area contributed by atoms with Gasteiger partial charge in [-0.25, -0.2) is 0 Å². The molecule has 0 spiro atoms. The number of amides is 2. The van der Waals surface area contributed by atoms with Crippen LogP contribution in [-0.4, -0.2) is 35.8 Å². The van der Waals surface area contributed by atoms with Crippen molar-refractivity contribution in [2.45, 2.75) is 33.2 Å². The number of rotatable bonds is 3. The van der Waals surface area contributed by atoms with Gasteiger partial charge in [0.15, 0.2) is 0 Å². The molecule has 1 rings (SSSR count). The fourth-order valence-electron chi connectivity index (χ4n) is 1.66. The summed E-state index contributed by atoms with van der Waals surface area (Å²) >= 11 is 0. The van der Waals surface area contributed by atoms with Crippen molar-refractivity contribution in [3.8, 4) is 11.8 Å². The molecule has 1 aliphatic heterocycles. The van der Waals surface area contributed by atoms with Crippen LogP contribution < -0.4 is 5.32 Å². The summed E-state index contributed by atoms with van der Waals surface area (Å²) in [6.45, 7) is 6.17. The standard InChI is InChI=1S/C12H18N2O2/c1-4-6-7-14-8-10(15)13-11(12(14)16)9(3)5-2/h9,11H,5,7-8H2,1-3H3,(H,13,15). The van der Waals surface area contributed by atoms with Crippen molar-refractivity contribution in [1.82, 2.24) is 10.2 Å². The van der Waals surface area contributed by atoms with Gasteiger partial charge in [0, 0.05) is 0 Å². The summed E-state index contributed by atoms with van der Waals surface area (Å²) in [6.07, 6.45) is 0.865. The van der Waals surface area contributed by atoms with Gasteiger partial charge in [0.1, 0.15) is 12.6 Å². The topological polar surface area (TPSA) is 49.4 Å². The molecule has 1 fully saturated rings. The van der Waals surface area contributed by atoms with Crippen LogP contribution in [0.4, 0.5) is 0 Å². The molecule has 0 aromatic heterocycles. The van der Waals surface area contributed by atoms with E-state index in [0.717, 1.165) is 6.42 Å². The van der Waals surface area contributed by atoms with E-state index in [1.165, 1.54) is 4.90 Å². The van der Waals surface area contributed by atoms with Crippen LogP contribution in [0.2, 0.25) is 0 Å². The van der Waals surface area contributed by atoms with E-state index in [0.29, 0.717) is 6.54 Å². The van der Waals surface area contributed by atoms with Gasteiger partial charge in [-0.05, 0) is 12.8 Å². The molecule has 1 aliphatic rings. The fraction of sp³-hybridized carbons (Fsp3) is 0.667. The van der Waals surface area contributed by atoms with Gasteiger partial charge < -0.3 is 10.2 Å². The number of nitrogens with one attached hydrogen (secondary N) is 1. The molecule has 0 aromatic rings. The summed E-state index contributed by atoms with van der Waals surface area (Å²) in [5, 5.41) is 2.74. The average molecular weight is 222 g/mol. The van der Waals surface area contributed by atoms with Gasteiger partial charge in [-0.3, -0.25) is 9.59 Å². The van der Waals surface area contributed by atoms with Gasteiger partial charge in [-0.2, -0.15) is 0 Å². The molecule has 2 atom stereocenters. The summed E-state index contributed by atoms with van der Waals surface area (Å²) in [5.41, 5.74) is 0. The molecule has 0 aromatic carbocycles. The Morgan fingerprint density at radius 1 is 1.56 bits per heavy atom. The van der Waals surface area contributed by atoms with E-state index in [1.807, 2.05) is 13.8 Å². The number of carbonyl (C=O) groups excluding carboxylic acids is 2. The summed E-state index contributed by atoms with van der Waals surface area (Å²) < 4.78 is 0. The third-order valence-electron chi connectivity index (χ3n) is 2.89. The van der Waals surface area contributed by atoms with E-state index in [-0.39, 0.29) is 30.3 Å². The van der Waals surface area contributed by atoms with E-state index in [9.17, 15) is 9.59 Å². The maximum absolute atomic E-state index is 12.0. The van der Waals surface area contributed by atoms with Crippen LogP contribution in [0, 0.1) is 17.8 Å². The SMILES string of the molecule is CC#CCN1CC(=O)NC(C(C)CC)C1=O. The van der Waals surface area contributed by atoms with E-state index in [4.69, 9.17) is 0 Å². The lowest BCUT2D eigenvalue weighted by atomic mass is 9.96. The van der Waals surface area contributed by atoms with Gasteiger partial charge >= 0.3 is 0 Å². The van der Waals surface area contributed by atoms with Crippen LogP contribution in [0.1, 0.15) is 27.2 Å². The minimum absolute atomic E-state index is 0.0169. The zero-order valence-corrected chi connectivity index (χ0v) is 10.0. The first-order valence-corrected chi connectivity index (χ1v) is 5.57. The second-order valence-electron chi connectivity index (χ2n) is 4.05. The monoisotopic (exact) mass is 222 g/mol. The highest BCUT2D eigenvalue weighted by molar-refractivity contribution is 5.95. The van der Waals surface area contributed by atoms with Crippen molar-refractivity contribution in [3.05, 3.63) is 0 Å². The molecule has 2 amide bonds. The van der Waals surface area contributed by atoms with Gasteiger partial charge in [0.05, 0.1) is 6.54 Å². The molecule has 1 heterocycles. The quantitative estimate of drug-likeness (QED) is 0.702. The molecule has 88 valence electrons. The largest absolute Gasteiger partial charge is 0.342 e. The van der Waals surface area contributed by atoms with Gasteiger partial charge in [0.25, 0.3) is 0 Å². The first-order valence-electron chi connectivity index (χ1n) is 5.57. The second kappa shape index (κ2) is 5.55. The van der Waals surface area contributed by atoms with Crippen LogP contribution in [0.3, 0.4) is 0 Å². The second-order valence-corrected chi connectivity index (χ2v) is 4.05. The molecular weight excluding hydrogens is 204 g/mol. The van der Waals surface area contributed by atoms with Crippen LogP contribution in [-0.2, 0) is 9.59 Å². The van der Waals surface area contributed by atoms with Crippen molar-refractivity contribution in [2.24, 2.45) is 5.92 Å². The van der Waals surface area contributed by atoms with Crippen LogP contribution in [0.15, 0.2) is 0 Å². The Kier molecular flexibility index (Phi) is 4.36. The first-order chi connectivity index (χ1) is 7.60. The molecule has 0 bridgehead atoms. The lowest BCUT2D eigenvalue weighted by Crippen LogP contribution is -2.60. The van der Waals surface area contributed by atoms with E-state index in [1.54, 1.807) is 6.92 Å². The average Bonchev–Trinajstić information content (AvgIpc) is 2.28. The Morgan fingerprint density at radius 2 is 2.25 bits per heavy atom. The van der Waals surface area contributed by atoms with Gasteiger partial charge in [0.2, 0.25) is 11.8 Å². The van der Waals surface area contributed by atoms with Crippen molar-refractivity contribution in [1.29, 1.82) is 0 Å². The minimum Gasteiger partial charge on any atom is -0.342 e. The first kappa shape index (κ1) is 12.6. The molecule has 1 N–H and O–H groups in total. The zero-order chi connectivity index (χ0) is 12.1. The van der Waals surface area contributed by atoms with Crippen LogP contribution in [0.25, 0.3) is 0 Å². The predicted molar refractivity (Wildman–Crippen MR) is 61.4 cm³/mol. The molecule has 16 heavy (non-hydrogen) atoms. The highest BCUT2D eigenvalue weighted by Gasteiger charge is 2.34. The molecule has 2 unspecified atom stereocenters. The van der Waals surface area contributed by atoms with Crippen molar-refractivity contribution in [3.63, 3.8) is 0 Å². The number of nitrogens with zero attached hydrogens (tertiary/aromatic N) is 1. The summed E-state index contributed by atoms with van der Waals surface area (Å²) in [6, 6.07) is -0.384. The minimum atomic E-state index is -0.384. The number of hydrogen-bond donors (Lipinski definition) is 1. The highest BCUT2D eigenvalue weighted by atomic mass is 16.2. The lowest BCUT2D eigenvalue weighted by molar-refractivity contribution is -0.145. The Hall–Kier alpha value is -1.50. The number of carbonyl (C=O) groups is 2. The van der Waals surface area contributed by atoms with Crippen molar-refractivity contribution in [2.75, 3.05) is 13.1 Å². The molecule has 1 saturated heterocycles. The van der Waals surface area contributed by atoms with Crippen LogP contribution in [0.5, 0.6) is 0 Å². The van der Waals surface area contributed by atoms with Crippen molar-refractivity contribution >= 4 is 11.8 Å². The van der Waals surface area contributed by atoms with Crippen molar-refractivity contribution < 1.29 is 9.59 Å². The highest BCUT2D eigenvalue weighted by Crippen LogP contribution is 2.13. The smallest absolute Gasteiger partial charge is 0.246 e. The van der Waals surface area contributed by atoms with Gasteiger partial charge in [-0.1, -0.05) is 26.2 Å². The van der Waals surface area contributed by atoms with Gasteiger partial charge in [-0.15, -0.1) is 5.92 Å². The number of hydrogen-bond acceptors (Lipinski definition) is 2. The fourth-order valence-corrected chi connectivity index (χ4v) is 1.66. The third kappa shape index (κ3) is 2.75. The predicted octanol–water partition coefficient (Wildman–Crippen LogP) is 0.383. The lowest BCUT2D eigenvalue weighted by Gasteiger charge is -2.34. The molecular formula is C12H18N2O2. The Morgan fingerprint density at radius 3 is 2.81 bits per heavy atom. The molecule has 0 saturated carbocycles. The molecule has 4 nitrogen and oxygen atoms in total. The number of piperazine rings is 1. The maximum Gasteiger partial charge on any atom is 0.246 e. The zero-order valence-electron chi connectivity index (χ0n) is 10.0. The molecule has 0 radical (unpaired) electrons. The summed E-state index contributed by atoms with van der Waals surface area (Å²) in [5.74, 6) is 5.60. The third-order valence-corrected chi connectivity index (χ3v) is 2.89. The molecule has 0 aliphatic carbocycles. The normalized spacial score (nSPS) is 22.2. The summed E-state index contributed by atoms with van der Waals surface area (Å²) in [7, 11) is 0. The summed E-state index contributed by atoms with van der Waals surface area (Å²) in [4.78, 5) is 25.0. The van der Waals surface area contributed by atoms with E-state index in [2.05, 4.69) is 17.2 Å². The Labute approximate surface area is 96.4 Å². The Bertz CT molecular complexity index is 341. The van der Waals surface area contributed by atoms with Crippen LogP contribution >= 0.6 is 0 Å².